The minimum absolute atomic E-state index is 0.0910. The van der Waals surface area contributed by atoms with E-state index in [4.69, 9.17) is 18.6 Å². The Bertz CT molecular complexity index is 825. The van der Waals surface area contributed by atoms with E-state index in [1.165, 1.54) is 4.57 Å². The molecule has 1 unspecified atom stereocenters. The van der Waals surface area contributed by atoms with Crippen LogP contribution in [-0.2, 0) is 18.6 Å². The fourth-order valence-electron chi connectivity index (χ4n) is 2.76. The van der Waals surface area contributed by atoms with Crippen LogP contribution in [0.5, 0.6) is 0 Å². The molecule has 9 nitrogen and oxygen atoms in total. The summed E-state index contributed by atoms with van der Waals surface area (Å²) in [6, 6.07) is 0. The zero-order valence-corrected chi connectivity index (χ0v) is 22.9. The summed E-state index contributed by atoms with van der Waals surface area (Å²) in [5.74, 6) is 0.388. The minimum Gasteiger partial charge on any atom is -0.414 e. The maximum atomic E-state index is 12.7. The van der Waals surface area contributed by atoms with E-state index in [0.717, 1.165) is 3.57 Å². The molecule has 0 N–H and O–H groups in total. The molecule has 0 aliphatic carbocycles. The molecule has 1 fully saturated rings. The predicted octanol–water partition coefficient (Wildman–Crippen LogP) is 3.37. The number of aromatic nitrogens is 2. The van der Waals surface area contributed by atoms with E-state index in [-0.39, 0.29) is 24.0 Å². The van der Waals surface area contributed by atoms with Crippen LogP contribution in [0, 0.1) is 3.57 Å². The Hall–Kier alpha value is -0.863. The summed E-state index contributed by atoms with van der Waals surface area (Å²) in [4.78, 5) is 22.9. The first-order valence-corrected chi connectivity index (χ1v) is 14.2. The molecule has 1 aliphatic rings. The number of methoxy groups -OCH3 is 1. The van der Waals surface area contributed by atoms with E-state index in [0.29, 0.717) is 18.8 Å². The second-order valence-corrected chi connectivity index (χ2v) is 15.3. The van der Waals surface area contributed by atoms with Gasteiger partial charge in [-0.1, -0.05) is 20.8 Å². The van der Waals surface area contributed by atoms with Crippen LogP contribution in [0.25, 0.3) is 0 Å². The van der Waals surface area contributed by atoms with Crippen LogP contribution < -0.4 is 5.69 Å². The molecule has 0 radical (unpaired) electrons. The van der Waals surface area contributed by atoms with Crippen molar-refractivity contribution in [3.05, 3.63) is 20.3 Å². The Morgan fingerprint density at radius 1 is 1.42 bits per heavy atom. The Morgan fingerprint density at radius 3 is 2.68 bits per heavy atom. The standard InChI is InChI=1S/C20H35IN4O5Si/c1-20(2,3)31(7,8)29-11-16-15(28-13-27-6)9-17(30-16)25-10-14(21)18(23-19(25)26)22-12-24(4)5/h10,12,15-17H,9,11,13H2,1-8H3/b22-12+/t15?,16-,17-/m1/s1. The molecule has 1 saturated heterocycles. The summed E-state index contributed by atoms with van der Waals surface area (Å²) < 4.78 is 25.8. The molecule has 11 heteroatoms. The molecule has 2 rings (SSSR count). The predicted molar refractivity (Wildman–Crippen MR) is 131 cm³/mol. The Labute approximate surface area is 199 Å². The lowest BCUT2D eigenvalue weighted by Gasteiger charge is -2.37. The second kappa shape index (κ2) is 10.8. The molecule has 0 amide bonds. The van der Waals surface area contributed by atoms with Gasteiger partial charge in [-0.15, -0.1) is 0 Å². The van der Waals surface area contributed by atoms with E-state index in [2.05, 4.69) is 66.4 Å². The minimum atomic E-state index is -1.95. The smallest absolute Gasteiger partial charge is 0.351 e. The molecule has 176 valence electrons. The number of hydrogen-bond acceptors (Lipinski definition) is 7. The van der Waals surface area contributed by atoms with Crippen molar-refractivity contribution in [2.45, 2.75) is 63.8 Å². The van der Waals surface area contributed by atoms with E-state index >= 15 is 0 Å². The molecule has 1 aromatic rings. The number of rotatable bonds is 9. The lowest BCUT2D eigenvalue weighted by molar-refractivity contribution is -0.106. The monoisotopic (exact) mass is 566 g/mol. The number of hydrogen-bond donors (Lipinski definition) is 0. The second-order valence-electron chi connectivity index (χ2n) is 9.36. The van der Waals surface area contributed by atoms with Gasteiger partial charge in [0.2, 0.25) is 0 Å². The van der Waals surface area contributed by atoms with Crippen molar-refractivity contribution in [3.63, 3.8) is 0 Å². The molecular weight excluding hydrogens is 531 g/mol. The van der Waals surface area contributed by atoms with E-state index in [1.54, 1.807) is 24.5 Å². The quantitative estimate of drug-likeness (QED) is 0.149. The largest absolute Gasteiger partial charge is 0.414 e. The highest BCUT2D eigenvalue weighted by molar-refractivity contribution is 14.1. The van der Waals surface area contributed by atoms with Gasteiger partial charge in [-0.25, -0.2) is 9.79 Å². The number of aliphatic imine (C=N–C) groups is 1. The summed E-state index contributed by atoms with van der Waals surface area (Å²) in [7, 11) is 3.35. The van der Waals surface area contributed by atoms with E-state index in [9.17, 15) is 4.79 Å². The van der Waals surface area contributed by atoms with Gasteiger partial charge in [-0.3, -0.25) is 4.57 Å². The van der Waals surface area contributed by atoms with Crippen molar-refractivity contribution >= 4 is 43.1 Å². The molecule has 0 aromatic carbocycles. The number of nitrogens with zero attached hydrogens (tertiary/aromatic N) is 4. The summed E-state index contributed by atoms with van der Waals surface area (Å²) >= 11 is 2.12. The lowest BCUT2D eigenvalue weighted by Crippen LogP contribution is -2.44. The summed E-state index contributed by atoms with van der Waals surface area (Å²) in [5.41, 5.74) is -0.409. The van der Waals surface area contributed by atoms with Crippen LogP contribution in [0.4, 0.5) is 5.82 Å². The molecule has 1 aromatic heterocycles. The van der Waals surface area contributed by atoms with Gasteiger partial charge in [-0.2, -0.15) is 4.98 Å². The van der Waals surface area contributed by atoms with Crippen LogP contribution >= 0.6 is 22.6 Å². The van der Waals surface area contributed by atoms with Gasteiger partial charge >= 0.3 is 5.69 Å². The maximum absolute atomic E-state index is 12.7. The maximum Gasteiger partial charge on any atom is 0.351 e. The van der Waals surface area contributed by atoms with Crippen LogP contribution in [0.1, 0.15) is 33.4 Å². The Morgan fingerprint density at radius 2 is 2.10 bits per heavy atom. The SMILES string of the molecule is COCOC1C[C@H](n2cc(I)c(/N=C/N(C)C)nc2=O)O[C@@H]1CO[Si](C)(C)C(C)(C)C. The fourth-order valence-corrected chi connectivity index (χ4v) is 4.34. The molecular formula is C20H35IN4O5Si. The summed E-state index contributed by atoms with van der Waals surface area (Å²) in [5, 5.41) is 0.0910. The van der Waals surface area contributed by atoms with Crippen LogP contribution in [0.15, 0.2) is 16.0 Å². The van der Waals surface area contributed by atoms with Gasteiger partial charge < -0.3 is 23.5 Å². The van der Waals surface area contributed by atoms with Gasteiger partial charge in [0.25, 0.3) is 0 Å². The molecule has 0 spiro atoms. The molecule has 0 saturated carbocycles. The third-order valence-corrected chi connectivity index (χ3v) is 10.9. The number of halogens is 1. The lowest BCUT2D eigenvalue weighted by atomic mass is 10.2. The van der Waals surface area contributed by atoms with Crippen molar-refractivity contribution in [3.8, 4) is 0 Å². The highest BCUT2D eigenvalue weighted by Crippen LogP contribution is 2.38. The topological polar surface area (TPSA) is 87.4 Å². The zero-order valence-electron chi connectivity index (χ0n) is 19.7. The van der Waals surface area contributed by atoms with Crippen molar-refractivity contribution < 1.29 is 18.6 Å². The fraction of sp³-hybridized carbons (Fsp3) is 0.750. The van der Waals surface area contributed by atoms with Crippen molar-refractivity contribution in [1.29, 1.82) is 0 Å². The van der Waals surface area contributed by atoms with Crippen LogP contribution in [-0.4, -0.2) is 75.9 Å². The average molecular weight is 567 g/mol. The third-order valence-electron chi connectivity index (χ3n) is 5.60. The van der Waals surface area contributed by atoms with Gasteiger partial charge in [0.1, 0.15) is 19.1 Å². The highest BCUT2D eigenvalue weighted by Gasteiger charge is 2.42. The van der Waals surface area contributed by atoms with Crippen molar-refractivity contribution in [2.24, 2.45) is 4.99 Å². The average Bonchev–Trinajstić information content (AvgIpc) is 3.07. The van der Waals surface area contributed by atoms with Gasteiger partial charge in [0.15, 0.2) is 14.1 Å². The summed E-state index contributed by atoms with van der Waals surface area (Å²) in [6.45, 7) is 11.6. The first kappa shape index (κ1) is 26.4. The molecule has 1 aliphatic heterocycles. The molecule has 31 heavy (non-hydrogen) atoms. The van der Waals surface area contributed by atoms with Gasteiger partial charge in [0, 0.05) is 33.8 Å². The first-order chi connectivity index (χ1) is 14.4. The van der Waals surface area contributed by atoms with Crippen LogP contribution in [0.3, 0.4) is 0 Å². The van der Waals surface area contributed by atoms with E-state index < -0.39 is 20.2 Å². The first-order valence-electron chi connectivity index (χ1n) is 10.2. The Balaban J connectivity index is 2.21. The van der Waals surface area contributed by atoms with Crippen molar-refractivity contribution in [2.75, 3.05) is 34.6 Å². The Kier molecular flexibility index (Phi) is 9.23. The highest BCUT2D eigenvalue weighted by atomic mass is 127. The van der Waals surface area contributed by atoms with Crippen molar-refractivity contribution in [1.82, 2.24) is 14.5 Å². The normalized spacial score (nSPS) is 22.4. The molecule has 0 bridgehead atoms. The van der Waals surface area contributed by atoms with Gasteiger partial charge in [0.05, 0.1) is 22.6 Å². The summed E-state index contributed by atoms with van der Waals surface area (Å²) in [6.07, 6.45) is 2.81. The van der Waals surface area contributed by atoms with E-state index in [1.807, 2.05) is 14.1 Å². The van der Waals surface area contributed by atoms with Gasteiger partial charge in [-0.05, 0) is 40.7 Å². The molecule has 3 atom stereocenters. The molecule has 2 heterocycles. The third kappa shape index (κ3) is 7.06. The number of ether oxygens (including phenoxy) is 3. The zero-order chi connectivity index (χ0) is 23.4. The van der Waals surface area contributed by atoms with Crippen LogP contribution in [0.2, 0.25) is 18.1 Å².